The van der Waals surface area contributed by atoms with Gasteiger partial charge in [-0.15, -0.1) is 0 Å². The van der Waals surface area contributed by atoms with E-state index in [2.05, 4.69) is 11.9 Å². The molecule has 0 saturated heterocycles. The van der Waals surface area contributed by atoms with E-state index in [4.69, 9.17) is 0 Å². The third kappa shape index (κ3) is 2.72. The molecule has 0 aliphatic heterocycles. The van der Waals surface area contributed by atoms with Crippen molar-refractivity contribution < 1.29 is 9.90 Å². The van der Waals surface area contributed by atoms with Crippen LogP contribution in [-0.4, -0.2) is 23.7 Å². The van der Waals surface area contributed by atoms with Gasteiger partial charge in [0.15, 0.2) is 0 Å². The summed E-state index contributed by atoms with van der Waals surface area (Å²) < 4.78 is 0. The van der Waals surface area contributed by atoms with E-state index < -0.39 is 0 Å². The molecule has 1 aliphatic carbocycles. The molecule has 62 valence electrons. The molecule has 3 heteroatoms. The standard InChI is InChI=1S/C8H13NO2/c1-2-8(11)9-5-7(10)6-3-4-6/h2,6-7,10H,1,3-5H2,(H,9,11). The summed E-state index contributed by atoms with van der Waals surface area (Å²) in [6.45, 7) is 3.66. The second-order valence-corrected chi connectivity index (χ2v) is 2.85. The summed E-state index contributed by atoms with van der Waals surface area (Å²) in [5, 5.41) is 11.8. The Kier molecular flexibility index (Phi) is 2.65. The van der Waals surface area contributed by atoms with E-state index in [1.165, 1.54) is 6.08 Å². The maximum absolute atomic E-state index is 10.6. The Balaban J connectivity index is 2.09. The molecule has 1 fully saturated rings. The lowest BCUT2D eigenvalue weighted by Gasteiger charge is -2.08. The average Bonchev–Trinajstić information content (AvgIpc) is 2.81. The van der Waals surface area contributed by atoms with Crippen LogP contribution in [0.15, 0.2) is 12.7 Å². The number of rotatable bonds is 4. The highest BCUT2D eigenvalue weighted by atomic mass is 16.3. The van der Waals surface area contributed by atoms with E-state index in [1.54, 1.807) is 0 Å². The van der Waals surface area contributed by atoms with E-state index in [1.807, 2.05) is 0 Å². The monoisotopic (exact) mass is 155 g/mol. The van der Waals surface area contributed by atoms with Crippen molar-refractivity contribution >= 4 is 5.91 Å². The molecule has 3 nitrogen and oxygen atoms in total. The number of aliphatic hydroxyl groups is 1. The SMILES string of the molecule is C=CC(=O)NCC(O)C1CC1. The summed E-state index contributed by atoms with van der Waals surface area (Å²) in [4.78, 5) is 10.6. The van der Waals surface area contributed by atoms with Gasteiger partial charge >= 0.3 is 0 Å². The Labute approximate surface area is 66.1 Å². The first-order chi connectivity index (χ1) is 5.24. The van der Waals surface area contributed by atoms with Crippen molar-refractivity contribution in [1.82, 2.24) is 5.32 Å². The predicted molar refractivity (Wildman–Crippen MR) is 41.9 cm³/mol. The fourth-order valence-corrected chi connectivity index (χ4v) is 0.925. The van der Waals surface area contributed by atoms with Gasteiger partial charge in [0.1, 0.15) is 0 Å². The van der Waals surface area contributed by atoms with Crippen molar-refractivity contribution in [3.05, 3.63) is 12.7 Å². The van der Waals surface area contributed by atoms with Crippen LogP contribution in [0, 0.1) is 5.92 Å². The van der Waals surface area contributed by atoms with Gasteiger partial charge in [-0.05, 0) is 24.8 Å². The molecule has 0 spiro atoms. The Bertz CT molecular complexity index is 163. The molecule has 0 aromatic carbocycles. The van der Waals surface area contributed by atoms with Gasteiger partial charge in [-0.25, -0.2) is 0 Å². The fraction of sp³-hybridized carbons (Fsp3) is 0.625. The van der Waals surface area contributed by atoms with Crippen LogP contribution in [0.4, 0.5) is 0 Å². The number of carbonyl (C=O) groups excluding carboxylic acids is 1. The minimum Gasteiger partial charge on any atom is -0.391 e. The summed E-state index contributed by atoms with van der Waals surface area (Å²) in [5.41, 5.74) is 0. The molecule has 0 bridgehead atoms. The third-order valence-electron chi connectivity index (χ3n) is 1.84. The number of hydrogen-bond donors (Lipinski definition) is 2. The lowest BCUT2D eigenvalue weighted by atomic mass is 10.2. The summed E-state index contributed by atoms with van der Waals surface area (Å²) in [5.74, 6) is 0.199. The number of hydrogen-bond acceptors (Lipinski definition) is 2. The third-order valence-corrected chi connectivity index (χ3v) is 1.84. The van der Waals surface area contributed by atoms with Crippen molar-refractivity contribution in [2.24, 2.45) is 5.92 Å². The summed E-state index contributed by atoms with van der Waals surface area (Å²) >= 11 is 0. The zero-order valence-electron chi connectivity index (χ0n) is 6.42. The average molecular weight is 155 g/mol. The van der Waals surface area contributed by atoms with Crippen LogP contribution in [-0.2, 0) is 4.79 Å². The van der Waals surface area contributed by atoms with Crippen molar-refractivity contribution in [3.8, 4) is 0 Å². The molecule has 1 aliphatic rings. The Morgan fingerprint density at radius 3 is 2.91 bits per heavy atom. The normalized spacial score (nSPS) is 19.0. The highest BCUT2D eigenvalue weighted by Gasteiger charge is 2.29. The maximum Gasteiger partial charge on any atom is 0.243 e. The minimum atomic E-state index is -0.362. The molecular weight excluding hydrogens is 142 g/mol. The molecule has 2 N–H and O–H groups in total. The fourth-order valence-electron chi connectivity index (χ4n) is 0.925. The smallest absolute Gasteiger partial charge is 0.243 e. The first-order valence-electron chi connectivity index (χ1n) is 3.82. The summed E-state index contributed by atoms with van der Waals surface area (Å²) in [7, 11) is 0. The molecule has 0 aromatic rings. The Hall–Kier alpha value is -0.830. The highest BCUT2D eigenvalue weighted by Crippen LogP contribution is 2.32. The lowest BCUT2D eigenvalue weighted by molar-refractivity contribution is -0.117. The van der Waals surface area contributed by atoms with Crippen LogP contribution in [0.3, 0.4) is 0 Å². The van der Waals surface area contributed by atoms with Crippen LogP contribution in [0.25, 0.3) is 0 Å². The van der Waals surface area contributed by atoms with E-state index in [-0.39, 0.29) is 12.0 Å². The van der Waals surface area contributed by atoms with Gasteiger partial charge in [0.25, 0.3) is 0 Å². The Morgan fingerprint density at radius 1 is 1.82 bits per heavy atom. The van der Waals surface area contributed by atoms with Crippen LogP contribution in [0.1, 0.15) is 12.8 Å². The van der Waals surface area contributed by atoms with Crippen LogP contribution in [0.2, 0.25) is 0 Å². The number of aliphatic hydroxyl groups excluding tert-OH is 1. The first kappa shape index (κ1) is 8.27. The van der Waals surface area contributed by atoms with Gasteiger partial charge in [0, 0.05) is 6.54 Å². The quantitative estimate of drug-likeness (QED) is 0.564. The van der Waals surface area contributed by atoms with E-state index in [0.29, 0.717) is 12.5 Å². The molecule has 1 rings (SSSR count). The minimum absolute atomic E-state index is 0.218. The van der Waals surface area contributed by atoms with Crippen molar-refractivity contribution in [2.75, 3.05) is 6.54 Å². The van der Waals surface area contributed by atoms with Gasteiger partial charge in [0.2, 0.25) is 5.91 Å². The predicted octanol–water partition coefficient (Wildman–Crippen LogP) is 0.0595. The topological polar surface area (TPSA) is 49.3 Å². The van der Waals surface area contributed by atoms with E-state index >= 15 is 0 Å². The van der Waals surface area contributed by atoms with Crippen molar-refractivity contribution in [2.45, 2.75) is 18.9 Å². The molecule has 11 heavy (non-hydrogen) atoms. The van der Waals surface area contributed by atoms with Crippen molar-refractivity contribution in [1.29, 1.82) is 0 Å². The van der Waals surface area contributed by atoms with Crippen molar-refractivity contribution in [3.63, 3.8) is 0 Å². The zero-order valence-corrected chi connectivity index (χ0v) is 6.42. The zero-order chi connectivity index (χ0) is 8.27. The molecule has 1 unspecified atom stereocenters. The summed E-state index contributed by atoms with van der Waals surface area (Å²) in [6, 6.07) is 0. The molecule has 1 amide bonds. The van der Waals surface area contributed by atoms with Gasteiger partial charge in [-0.2, -0.15) is 0 Å². The second-order valence-electron chi connectivity index (χ2n) is 2.85. The molecule has 1 atom stereocenters. The first-order valence-corrected chi connectivity index (χ1v) is 3.82. The van der Waals surface area contributed by atoms with Crippen LogP contribution < -0.4 is 5.32 Å². The molecule has 0 aromatic heterocycles. The highest BCUT2D eigenvalue weighted by molar-refractivity contribution is 5.86. The Morgan fingerprint density at radius 2 is 2.45 bits per heavy atom. The number of carbonyl (C=O) groups is 1. The molecule has 0 heterocycles. The van der Waals surface area contributed by atoms with E-state index in [0.717, 1.165) is 12.8 Å². The lowest BCUT2D eigenvalue weighted by Crippen LogP contribution is -2.31. The number of nitrogens with one attached hydrogen (secondary N) is 1. The molecule has 1 saturated carbocycles. The van der Waals surface area contributed by atoms with Gasteiger partial charge < -0.3 is 10.4 Å². The summed E-state index contributed by atoms with van der Waals surface area (Å²) in [6.07, 6.45) is 3.02. The van der Waals surface area contributed by atoms with Gasteiger partial charge in [-0.3, -0.25) is 4.79 Å². The van der Waals surface area contributed by atoms with E-state index in [9.17, 15) is 9.90 Å². The molecule has 0 radical (unpaired) electrons. The largest absolute Gasteiger partial charge is 0.391 e. The van der Waals surface area contributed by atoms with Crippen LogP contribution in [0.5, 0.6) is 0 Å². The maximum atomic E-state index is 10.6. The second kappa shape index (κ2) is 3.53. The van der Waals surface area contributed by atoms with Crippen LogP contribution >= 0.6 is 0 Å². The number of amides is 1. The van der Waals surface area contributed by atoms with Gasteiger partial charge in [-0.1, -0.05) is 6.58 Å². The van der Waals surface area contributed by atoms with Gasteiger partial charge in [0.05, 0.1) is 6.10 Å². The molecular formula is C8H13NO2.